The molecule has 0 aliphatic heterocycles. The highest BCUT2D eigenvalue weighted by molar-refractivity contribution is 5.76. The second kappa shape index (κ2) is 11.9. The summed E-state index contributed by atoms with van der Waals surface area (Å²) in [6, 6.07) is 0.231. The molecule has 0 saturated carbocycles. The zero-order valence-electron chi connectivity index (χ0n) is 11.6. The number of carbonyl (C=O) groups is 1. The van der Waals surface area contributed by atoms with Gasteiger partial charge in [0, 0.05) is 32.2 Å². The number of nitrogens with one attached hydrogen (secondary N) is 2. The van der Waals surface area contributed by atoms with Crippen LogP contribution in [0.3, 0.4) is 0 Å². The predicted octanol–water partition coefficient (Wildman–Crippen LogP) is 1.70. The molecule has 0 atom stereocenters. The van der Waals surface area contributed by atoms with Crippen molar-refractivity contribution in [1.82, 2.24) is 10.6 Å². The summed E-state index contributed by atoms with van der Waals surface area (Å²) in [4.78, 5) is 11.3. The highest BCUT2D eigenvalue weighted by Crippen LogP contribution is 1.89. The van der Waals surface area contributed by atoms with Crippen molar-refractivity contribution in [2.75, 3.05) is 26.3 Å². The molecule has 0 aromatic carbocycles. The van der Waals surface area contributed by atoms with Crippen molar-refractivity contribution < 1.29 is 9.53 Å². The van der Waals surface area contributed by atoms with E-state index in [1.807, 2.05) is 13.8 Å². The number of amides is 1. The molecule has 1 amide bonds. The Balaban J connectivity index is 3.10. The second-order valence-corrected chi connectivity index (χ2v) is 4.54. The first-order valence-corrected chi connectivity index (χ1v) is 6.74. The molecule has 0 aliphatic carbocycles. The van der Waals surface area contributed by atoms with Crippen LogP contribution in [0, 0.1) is 0 Å². The minimum Gasteiger partial charge on any atom is -0.381 e. The van der Waals surface area contributed by atoms with E-state index in [-0.39, 0.29) is 11.9 Å². The summed E-state index contributed by atoms with van der Waals surface area (Å²) in [6.45, 7) is 9.44. The molecule has 0 rings (SSSR count). The van der Waals surface area contributed by atoms with E-state index in [0.717, 1.165) is 39.1 Å². The van der Waals surface area contributed by atoms with Crippen LogP contribution in [0.4, 0.5) is 0 Å². The maximum absolute atomic E-state index is 11.3. The first-order valence-electron chi connectivity index (χ1n) is 6.74. The van der Waals surface area contributed by atoms with Crippen LogP contribution in [0.15, 0.2) is 0 Å². The second-order valence-electron chi connectivity index (χ2n) is 4.54. The molecule has 0 aliphatic rings. The highest BCUT2D eigenvalue weighted by Gasteiger charge is 2.01. The summed E-state index contributed by atoms with van der Waals surface area (Å²) in [5.41, 5.74) is 0. The van der Waals surface area contributed by atoms with E-state index in [1.165, 1.54) is 6.42 Å². The van der Waals surface area contributed by atoms with Crippen molar-refractivity contribution in [3.8, 4) is 0 Å². The maximum atomic E-state index is 11.3. The Labute approximate surface area is 105 Å². The Morgan fingerprint density at radius 3 is 2.53 bits per heavy atom. The predicted molar refractivity (Wildman–Crippen MR) is 71.1 cm³/mol. The van der Waals surface area contributed by atoms with E-state index in [9.17, 15) is 4.79 Å². The number of hydrogen-bond acceptors (Lipinski definition) is 3. The number of hydrogen-bond donors (Lipinski definition) is 2. The largest absolute Gasteiger partial charge is 0.381 e. The van der Waals surface area contributed by atoms with Crippen molar-refractivity contribution in [3.63, 3.8) is 0 Å². The third kappa shape index (κ3) is 13.3. The molecule has 0 bridgehead atoms. The SMILES string of the molecule is CCCCOCCCNCCC(=O)NC(C)C. The summed E-state index contributed by atoms with van der Waals surface area (Å²) in [5.74, 6) is 0.117. The van der Waals surface area contributed by atoms with Gasteiger partial charge < -0.3 is 15.4 Å². The quantitative estimate of drug-likeness (QED) is 0.544. The van der Waals surface area contributed by atoms with Crippen molar-refractivity contribution >= 4 is 5.91 Å². The number of rotatable bonds is 11. The summed E-state index contributed by atoms with van der Waals surface area (Å²) in [6.07, 6.45) is 3.89. The fourth-order valence-corrected chi connectivity index (χ4v) is 1.37. The van der Waals surface area contributed by atoms with Gasteiger partial charge in [-0.1, -0.05) is 13.3 Å². The van der Waals surface area contributed by atoms with Gasteiger partial charge in [0.25, 0.3) is 0 Å². The van der Waals surface area contributed by atoms with Crippen molar-refractivity contribution in [3.05, 3.63) is 0 Å². The third-order valence-corrected chi connectivity index (χ3v) is 2.26. The average molecular weight is 244 g/mol. The topological polar surface area (TPSA) is 50.4 Å². The fourth-order valence-electron chi connectivity index (χ4n) is 1.37. The lowest BCUT2D eigenvalue weighted by Gasteiger charge is -2.08. The van der Waals surface area contributed by atoms with Gasteiger partial charge in [0.05, 0.1) is 0 Å². The van der Waals surface area contributed by atoms with Crippen molar-refractivity contribution in [1.29, 1.82) is 0 Å². The van der Waals surface area contributed by atoms with Gasteiger partial charge in [0.1, 0.15) is 0 Å². The summed E-state index contributed by atoms with van der Waals surface area (Å²) in [7, 11) is 0. The van der Waals surface area contributed by atoms with Crippen LogP contribution in [-0.2, 0) is 9.53 Å². The zero-order chi connectivity index (χ0) is 12.9. The standard InChI is InChI=1S/C13H28N2O2/c1-4-5-10-17-11-6-8-14-9-7-13(16)15-12(2)3/h12,14H,4-11H2,1-3H3,(H,15,16). The Morgan fingerprint density at radius 1 is 1.18 bits per heavy atom. The first kappa shape index (κ1) is 16.4. The monoisotopic (exact) mass is 244 g/mol. The van der Waals surface area contributed by atoms with Gasteiger partial charge in [-0.2, -0.15) is 0 Å². The molecule has 0 aromatic rings. The van der Waals surface area contributed by atoms with Crippen LogP contribution in [0.1, 0.15) is 46.5 Å². The Kier molecular flexibility index (Phi) is 11.4. The van der Waals surface area contributed by atoms with E-state index in [4.69, 9.17) is 4.74 Å². The molecule has 0 radical (unpaired) electrons. The van der Waals surface area contributed by atoms with E-state index >= 15 is 0 Å². The molecule has 0 aromatic heterocycles. The fraction of sp³-hybridized carbons (Fsp3) is 0.923. The third-order valence-electron chi connectivity index (χ3n) is 2.26. The summed E-state index contributed by atoms with van der Waals surface area (Å²) >= 11 is 0. The normalized spacial score (nSPS) is 10.8. The molecule has 4 heteroatoms. The van der Waals surface area contributed by atoms with Gasteiger partial charge in [-0.15, -0.1) is 0 Å². The highest BCUT2D eigenvalue weighted by atomic mass is 16.5. The molecule has 0 saturated heterocycles. The van der Waals surface area contributed by atoms with Gasteiger partial charge >= 0.3 is 0 Å². The molecule has 0 heterocycles. The molecular weight excluding hydrogens is 216 g/mol. The molecule has 0 fully saturated rings. The van der Waals surface area contributed by atoms with Gasteiger partial charge in [-0.3, -0.25) is 4.79 Å². The summed E-state index contributed by atoms with van der Waals surface area (Å²) in [5, 5.41) is 6.10. The van der Waals surface area contributed by atoms with Crippen molar-refractivity contribution in [2.45, 2.75) is 52.5 Å². The minimum absolute atomic E-state index is 0.117. The van der Waals surface area contributed by atoms with E-state index in [2.05, 4.69) is 17.6 Å². The number of unbranched alkanes of at least 4 members (excludes halogenated alkanes) is 1. The van der Waals surface area contributed by atoms with Crippen LogP contribution >= 0.6 is 0 Å². The molecule has 0 spiro atoms. The zero-order valence-corrected chi connectivity index (χ0v) is 11.6. The van der Waals surface area contributed by atoms with Crippen LogP contribution in [0.5, 0.6) is 0 Å². The van der Waals surface area contributed by atoms with Crippen LogP contribution in [-0.4, -0.2) is 38.3 Å². The smallest absolute Gasteiger partial charge is 0.221 e. The van der Waals surface area contributed by atoms with Crippen LogP contribution < -0.4 is 10.6 Å². The van der Waals surface area contributed by atoms with Gasteiger partial charge in [0.2, 0.25) is 5.91 Å². The first-order chi connectivity index (χ1) is 8.16. The van der Waals surface area contributed by atoms with Gasteiger partial charge in [0.15, 0.2) is 0 Å². The lowest BCUT2D eigenvalue weighted by atomic mass is 10.3. The van der Waals surface area contributed by atoms with E-state index in [0.29, 0.717) is 6.42 Å². The van der Waals surface area contributed by atoms with E-state index in [1.54, 1.807) is 0 Å². The molecule has 102 valence electrons. The Bertz CT molecular complexity index is 184. The van der Waals surface area contributed by atoms with Gasteiger partial charge in [-0.25, -0.2) is 0 Å². The molecule has 4 nitrogen and oxygen atoms in total. The molecule has 2 N–H and O–H groups in total. The maximum Gasteiger partial charge on any atom is 0.221 e. The lowest BCUT2D eigenvalue weighted by molar-refractivity contribution is -0.121. The summed E-state index contributed by atoms with van der Waals surface area (Å²) < 4.78 is 5.44. The Hall–Kier alpha value is -0.610. The number of carbonyl (C=O) groups excluding carboxylic acids is 1. The molecular formula is C13H28N2O2. The molecule has 17 heavy (non-hydrogen) atoms. The van der Waals surface area contributed by atoms with Crippen LogP contribution in [0.25, 0.3) is 0 Å². The van der Waals surface area contributed by atoms with E-state index < -0.39 is 0 Å². The Morgan fingerprint density at radius 2 is 1.88 bits per heavy atom. The average Bonchev–Trinajstić information content (AvgIpc) is 2.26. The minimum atomic E-state index is 0.117. The molecule has 0 unspecified atom stereocenters. The van der Waals surface area contributed by atoms with Crippen LogP contribution in [0.2, 0.25) is 0 Å². The van der Waals surface area contributed by atoms with Crippen molar-refractivity contribution in [2.24, 2.45) is 0 Å². The lowest BCUT2D eigenvalue weighted by Crippen LogP contribution is -2.32. The number of ether oxygens (including phenoxy) is 1. The van der Waals surface area contributed by atoms with Gasteiger partial charge in [-0.05, 0) is 33.2 Å².